The third-order valence-electron chi connectivity index (χ3n) is 13.6. The molecule has 0 saturated carbocycles. The van der Waals surface area contributed by atoms with Gasteiger partial charge in [0.1, 0.15) is 0 Å². The van der Waals surface area contributed by atoms with E-state index in [4.69, 9.17) is 4.42 Å². The van der Waals surface area contributed by atoms with Crippen molar-refractivity contribution in [3.8, 4) is 44.5 Å². The molecule has 296 valence electrons. The standard InChI is InChI=1S/C62H36OSe/c1-2-14-37(15-3-1)59-44-18-6-8-20-46(44)61(47-21-9-7-19-45(47)59)41-28-31-57-54(34-41)43-29-26-42(36-58(43)64-57)62-50-24-12-10-22-48(50)60(49-23-11-13-25-51(49)62)40-27-30-55-52(33-40)53-32-38-16-4-5-17-39(38)35-56(53)63-55/h1-36H. The summed E-state index contributed by atoms with van der Waals surface area (Å²) in [6, 6.07) is 81.0. The van der Waals surface area contributed by atoms with Crippen molar-refractivity contribution in [3.63, 3.8) is 0 Å². The first-order valence-electron chi connectivity index (χ1n) is 22.0. The van der Waals surface area contributed by atoms with E-state index < -0.39 is 0 Å². The summed E-state index contributed by atoms with van der Waals surface area (Å²) in [5.74, 6) is 0. The minimum atomic E-state index is 0.181. The molecule has 0 aliphatic rings. The second kappa shape index (κ2) is 13.9. The molecule has 0 atom stereocenters. The fourth-order valence-corrected chi connectivity index (χ4v) is 13.2. The molecular weight excluding hydrogens is 840 g/mol. The van der Waals surface area contributed by atoms with Crippen LogP contribution in [0.15, 0.2) is 223 Å². The third kappa shape index (κ3) is 5.31. The molecule has 0 amide bonds. The van der Waals surface area contributed by atoms with Crippen LogP contribution in [0.25, 0.3) is 140 Å². The summed E-state index contributed by atoms with van der Waals surface area (Å²) >= 11 is 0.181. The van der Waals surface area contributed by atoms with Crippen LogP contribution in [0.4, 0.5) is 0 Å². The van der Waals surface area contributed by atoms with Gasteiger partial charge in [0.25, 0.3) is 0 Å². The molecule has 12 aromatic carbocycles. The van der Waals surface area contributed by atoms with E-state index in [0.29, 0.717) is 0 Å². The van der Waals surface area contributed by atoms with Gasteiger partial charge in [-0.2, -0.15) is 0 Å². The molecule has 0 unspecified atom stereocenters. The molecular formula is C62H36OSe. The number of fused-ring (bicyclic) bond motifs is 11. The van der Waals surface area contributed by atoms with Crippen molar-refractivity contribution in [3.05, 3.63) is 218 Å². The van der Waals surface area contributed by atoms with E-state index in [2.05, 4.69) is 218 Å². The quantitative estimate of drug-likeness (QED) is 0.127. The second-order valence-corrected chi connectivity index (χ2v) is 19.4. The third-order valence-corrected chi connectivity index (χ3v) is 16.0. The van der Waals surface area contributed by atoms with Gasteiger partial charge >= 0.3 is 336 Å². The number of furan rings is 1. The van der Waals surface area contributed by atoms with Crippen LogP contribution < -0.4 is 0 Å². The number of benzene rings is 12. The van der Waals surface area contributed by atoms with E-state index in [1.807, 2.05) is 0 Å². The molecule has 0 saturated heterocycles. The van der Waals surface area contributed by atoms with Crippen LogP contribution in [0.2, 0.25) is 0 Å². The van der Waals surface area contributed by atoms with Gasteiger partial charge in [-0.25, -0.2) is 0 Å². The topological polar surface area (TPSA) is 13.1 Å². The van der Waals surface area contributed by atoms with Gasteiger partial charge in [0.05, 0.1) is 0 Å². The maximum atomic E-state index is 6.45. The van der Waals surface area contributed by atoms with Crippen LogP contribution in [0.1, 0.15) is 0 Å². The van der Waals surface area contributed by atoms with Gasteiger partial charge in [0.2, 0.25) is 0 Å². The van der Waals surface area contributed by atoms with Crippen LogP contribution in [0.5, 0.6) is 0 Å². The normalized spacial score (nSPS) is 12.1. The summed E-state index contributed by atoms with van der Waals surface area (Å²) in [7, 11) is 0. The van der Waals surface area contributed by atoms with Gasteiger partial charge < -0.3 is 0 Å². The van der Waals surface area contributed by atoms with Crippen molar-refractivity contribution in [2.75, 3.05) is 0 Å². The summed E-state index contributed by atoms with van der Waals surface area (Å²) in [4.78, 5) is 0. The minimum absolute atomic E-state index is 0.181. The molecule has 2 aromatic heterocycles. The van der Waals surface area contributed by atoms with Crippen molar-refractivity contribution in [1.82, 2.24) is 0 Å². The van der Waals surface area contributed by atoms with Crippen molar-refractivity contribution < 1.29 is 4.42 Å². The Bertz CT molecular complexity index is 4130. The van der Waals surface area contributed by atoms with Crippen molar-refractivity contribution in [2.24, 2.45) is 0 Å². The Labute approximate surface area is 374 Å². The zero-order chi connectivity index (χ0) is 41.9. The first-order valence-corrected chi connectivity index (χ1v) is 23.7. The zero-order valence-electron chi connectivity index (χ0n) is 34.6. The summed E-state index contributed by atoms with van der Waals surface area (Å²) in [6.45, 7) is 0. The van der Waals surface area contributed by atoms with E-state index in [0.717, 1.165) is 21.9 Å². The summed E-state index contributed by atoms with van der Waals surface area (Å²) in [5.41, 5.74) is 12.0. The zero-order valence-corrected chi connectivity index (χ0v) is 36.3. The van der Waals surface area contributed by atoms with E-state index in [1.54, 1.807) is 0 Å². The monoisotopic (exact) mass is 876 g/mol. The molecule has 2 heterocycles. The van der Waals surface area contributed by atoms with Gasteiger partial charge in [0.15, 0.2) is 0 Å². The Kier molecular flexibility index (Phi) is 7.77. The summed E-state index contributed by atoms with van der Waals surface area (Å²) < 4.78 is 9.33. The Morgan fingerprint density at radius 3 is 1.22 bits per heavy atom. The molecule has 1 nitrogen and oxygen atoms in total. The number of hydrogen-bond acceptors (Lipinski definition) is 1. The Morgan fingerprint density at radius 1 is 0.234 bits per heavy atom. The van der Waals surface area contributed by atoms with Gasteiger partial charge in [-0.15, -0.1) is 0 Å². The molecule has 14 aromatic rings. The Morgan fingerprint density at radius 2 is 0.656 bits per heavy atom. The average molecular weight is 876 g/mol. The van der Waals surface area contributed by atoms with Crippen LogP contribution in [-0.2, 0) is 0 Å². The summed E-state index contributed by atoms with van der Waals surface area (Å²) in [5, 5.41) is 17.6. The molecule has 64 heavy (non-hydrogen) atoms. The molecule has 0 fully saturated rings. The van der Waals surface area contributed by atoms with E-state index >= 15 is 0 Å². The van der Waals surface area contributed by atoms with Gasteiger partial charge in [-0.05, 0) is 16.8 Å². The average Bonchev–Trinajstić information content (AvgIpc) is 3.90. The Hall–Kier alpha value is -7.74. The van der Waals surface area contributed by atoms with Crippen molar-refractivity contribution in [1.29, 1.82) is 0 Å². The predicted molar refractivity (Wildman–Crippen MR) is 275 cm³/mol. The molecule has 14 rings (SSSR count). The molecule has 0 bridgehead atoms. The van der Waals surface area contributed by atoms with Gasteiger partial charge in [0, 0.05) is 0 Å². The SMILES string of the molecule is c1ccc(-c2c3ccccc3c(-c3ccc4[se]c5cc(-c6c7ccccc7c(-c7ccc8oc9cc%10ccccc%10cc9c8c7)c7ccccc67)ccc5c4c3)c3ccccc23)cc1. The number of hydrogen-bond donors (Lipinski definition) is 0. The first kappa shape index (κ1) is 35.8. The van der Waals surface area contributed by atoms with E-state index in [1.165, 1.54) is 118 Å². The molecule has 0 radical (unpaired) electrons. The van der Waals surface area contributed by atoms with Crippen LogP contribution in [0.3, 0.4) is 0 Å². The Balaban J connectivity index is 0.943. The molecule has 2 heteroatoms. The second-order valence-electron chi connectivity index (χ2n) is 17.1. The fraction of sp³-hybridized carbons (Fsp3) is 0. The van der Waals surface area contributed by atoms with Gasteiger partial charge in [-0.3, -0.25) is 0 Å². The molecule has 0 aliphatic heterocycles. The van der Waals surface area contributed by atoms with Crippen LogP contribution in [-0.4, -0.2) is 14.5 Å². The fourth-order valence-electron chi connectivity index (χ4n) is 10.8. The predicted octanol–water partition coefficient (Wildman–Crippen LogP) is 17.4. The molecule has 0 N–H and O–H groups in total. The number of rotatable bonds is 4. The van der Waals surface area contributed by atoms with Crippen LogP contribution in [0, 0.1) is 0 Å². The maximum absolute atomic E-state index is 6.45. The first-order chi connectivity index (χ1) is 31.7. The summed E-state index contributed by atoms with van der Waals surface area (Å²) in [6.07, 6.45) is 0. The van der Waals surface area contributed by atoms with E-state index in [-0.39, 0.29) is 14.5 Å². The van der Waals surface area contributed by atoms with E-state index in [9.17, 15) is 0 Å². The van der Waals surface area contributed by atoms with Crippen LogP contribution >= 0.6 is 0 Å². The molecule has 0 aliphatic carbocycles. The van der Waals surface area contributed by atoms with Crippen molar-refractivity contribution >= 4 is 110 Å². The van der Waals surface area contributed by atoms with Gasteiger partial charge in [-0.1, -0.05) is 24.3 Å². The molecule has 0 spiro atoms. The van der Waals surface area contributed by atoms with Crippen molar-refractivity contribution in [2.45, 2.75) is 0 Å².